The molecule has 0 aliphatic rings. The SMILES string of the molecule is CNCCC(=O)NCc1cccc(Br)c1. The fourth-order valence-electron chi connectivity index (χ4n) is 1.17. The minimum atomic E-state index is 0.0734. The first-order valence-electron chi connectivity index (χ1n) is 4.88. The molecule has 82 valence electrons. The van der Waals surface area contributed by atoms with E-state index in [4.69, 9.17) is 0 Å². The summed E-state index contributed by atoms with van der Waals surface area (Å²) < 4.78 is 1.03. The number of hydrogen-bond donors (Lipinski definition) is 2. The van der Waals surface area contributed by atoms with Gasteiger partial charge in [-0.25, -0.2) is 0 Å². The number of hydrogen-bond acceptors (Lipinski definition) is 2. The number of benzene rings is 1. The van der Waals surface area contributed by atoms with Gasteiger partial charge in [0.2, 0.25) is 5.91 Å². The van der Waals surface area contributed by atoms with E-state index in [9.17, 15) is 4.79 Å². The topological polar surface area (TPSA) is 41.1 Å². The average Bonchev–Trinajstić information content (AvgIpc) is 2.23. The summed E-state index contributed by atoms with van der Waals surface area (Å²) >= 11 is 3.39. The Bertz CT molecular complexity index is 328. The summed E-state index contributed by atoms with van der Waals surface area (Å²) in [5, 5.41) is 5.80. The van der Waals surface area contributed by atoms with Crippen molar-refractivity contribution in [3.63, 3.8) is 0 Å². The average molecular weight is 271 g/mol. The summed E-state index contributed by atoms with van der Waals surface area (Å²) in [5.41, 5.74) is 1.10. The Kier molecular flexibility index (Phi) is 5.36. The van der Waals surface area contributed by atoms with E-state index in [1.807, 2.05) is 31.3 Å². The van der Waals surface area contributed by atoms with Gasteiger partial charge in [-0.05, 0) is 24.7 Å². The van der Waals surface area contributed by atoms with Gasteiger partial charge in [0.25, 0.3) is 0 Å². The first-order valence-corrected chi connectivity index (χ1v) is 5.67. The van der Waals surface area contributed by atoms with Crippen LogP contribution in [0.25, 0.3) is 0 Å². The summed E-state index contributed by atoms with van der Waals surface area (Å²) in [7, 11) is 1.83. The van der Waals surface area contributed by atoms with Crippen LogP contribution < -0.4 is 10.6 Å². The highest BCUT2D eigenvalue weighted by atomic mass is 79.9. The summed E-state index contributed by atoms with van der Waals surface area (Å²) in [5.74, 6) is 0.0734. The number of carbonyl (C=O) groups is 1. The van der Waals surface area contributed by atoms with E-state index in [1.54, 1.807) is 0 Å². The largest absolute Gasteiger partial charge is 0.352 e. The normalized spacial score (nSPS) is 10.0. The van der Waals surface area contributed by atoms with Crippen LogP contribution in [-0.2, 0) is 11.3 Å². The second-order valence-electron chi connectivity index (χ2n) is 3.26. The molecule has 15 heavy (non-hydrogen) atoms. The molecule has 0 heterocycles. The molecule has 0 saturated carbocycles. The molecule has 1 amide bonds. The smallest absolute Gasteiger partial charge is 0.221 e. The van der Waals surface area contributed by atoms with Crippen LogP contribution >= 0.6 is 15.9 Å². The Morgan fingerprint density at radius 3 is 2.93 bits per heavy atom. The Hall–Kier alpha value is -0.870. The maximum absolute atomic E-state index is 11.3. The predicted molar refractivity (Wildman–Crippen MR) is 64.5 cm³/mol. The first-order chi connectivity index (χ1) is 7.22. The molecule has 0 aromatic heterocycles. The van der Waals surface area contributed by atoms with Crippen molar-refractivity contribution >= 4 is 21.8 Å². The fourth-order valence-corrected chi connectivity index (χ4v) is 1.62. The summed E-state index contributed by atoms with van der Waals surface area (Å²) in [4.78, 5) is 11.3. The Morgan fingerprint density at radius 2 is 2.27 bits per heavy atom. The van der Waals surface area contributed by atoms with E-state index in [0.29, 0.717) is 19.5 Å². The van der Waals surface area contributed by atoms with Crippen LogP contribution in [0.15, 0.2) is 28.7 Å². The van der Waals surface area contributed by atoms with Gasteiger partial charge in [-0.15, -0.1) is 0 Å². The molecule has 3 nitrogen and oxygen atoms in total. The van der Waals surface area contributed by atoms with E-state index in [2.05, 4.69) is 26.6 Å². The molecule has 0 fully saturated rings. The lowest BCUT2D eigenvalue weighted by atomic mass is 10.2. The van der Waals surface area contributed by atoms with E-state index >= 15 is 0 Å². The van der Waals surface area contributed by atoms with Gasteiger partial charge in [-0.2, -0.15) is 0 Å². The van der Waals surface area contributed by atoms with Crippen LogP contribution in [0.5, 0.6) is 0 Å². The highest BCUT2D eigenvalue weighted by molar-refractivity contribution is 9.10. The number of nitrogens with one attached hydrogen (secondary N) is 2. The van der Waals surface area contributed by atoms with E-state index in [-0.39, 0.29) is 5.91 Å². The highest BCUT2D eigenvalue weighted by Gasteiger charge is 2.00. The van der Waals surface area contributed by atoms with Crippen molar-refractivity contribution in [1.29, 1.82) is 0 Å². The molecule has 0 atom stereocenters. The van der Waals surface area contributed by atoms with Gasteiger partial charge in [-0.3, -0.25) is 4.79 Å². The monoisotopic (exact) mass is 270 g/mol. The quantitative estimate of drug-likeness (QED) is 0.855. The van der Waals surface area contributed by atoms with Crippen LogP contribution in [0.4, 0.5) is 0 Å². The van der Waals surface area contributed by atoms with Gasteiger partial charge in [-0.1, -0.05) is 28.1 Å². The summed E-state index contributed by atoms with van der Waals surface area (Å²) in [6.07, 6.45) is 0.518. The van der Waals surface area contributed by atoms with Gasteiger partial charge in [0.1, 0.15) is 0 Å². The lowest BCUT2D eigenvalue weighted by Crippen LogP contribution is -2.26. The van der Waals surface area contributed by atoms with E-state index in [0.717, 1.165) is 10.0 Å². The molecule has 1 aromatic rings. The third kappa shape index (κ3) is 4.95. The van der Waals surface area contributed by atoms with Gasteiger partial charge in [0, 0.05) is 24.0 Å². The second-order valence-corrected chi connectivity index (χ2v) is 4.18. The van der Waals surface area contributed by atoms with Crippen molar-refractivity contribution in [2.45, 2.75) is 13.0 Å². The molecule has 1 aromatic carbocycles. The highest BCUT2D eigenvalue weighted by Crippen LogP contribution is 2.11. The standard InChI is InChI=1S/C11H15BrN2O/c1-13-6-5-11(15)14-8-9-3-2-4-10(12)7-9/h2-4,7,13H,5-6,8H2,1H3,(H,14,15). The molecular formula is C11H15BrN2O. The van der Waals surface area contributed by atoms with Crippen molar-refractivity contribution in [2.75, 3.05) is 13.6 Å². The molecule has 0 bridgehead atoms. The summed E-state index contributed by atoms with van der Waals surface area (Å²) in [6.45, 7) is 1.30. The zero-order chi connectivity index (χ0) is 11.1. The van der Waals surface area contributed by atoms with Crippen molar-refractivity contribution in [3.05, 3.63) is 34.3 Å². The molecule has 0 saturated heterocycles. The van der Waals surface area contributed by atoms with Gasteiger partial charge in [0.05, 0.1) is 0 Å². The molecule has 0 aliphatic heterocycles. The number of rotatable bonds is 5. The van der Waals surface area contributed by atoms with Crippen LogP contribution in [0, 0.1) is 0 Å². The van der Waals surface area contributed by atoms with Crippen molar-refractivity contribution in [1.82, 2.24) is 10.6 Å². The Balaban J connectivity index is 2.33. The van der Waals surface area contributed by atoms with Crippen molar-refractivity contribution in [3.8, 4) is 0 Å². The van der Waals surface area contributed by atoms with Crippen molar-refractivity contribution in [2.24, 2.45) is 0 Å². The van der Waals surface area contributed by atoms with Gasteiger partial charge in [0.15, 0.2) is 0 Å². The lowest BCUT2D eigenvalue weighted by molar-refractivity contribution is -0.121. The van der Waals surface area contributed by atoms with Crippen LogP contribution in [0.2, 0.25) is 0 Å². The first kappa shape index (κ1) is 12.2. The zero-order valence-corrected chi connectivity index (χ0v) is 10.3. The minimum absolute atomic E-state index is 0.0734. The molecule has 0 spiro atoms. The third-order valence-electron chi connectivity index (χ3n) is 1.98. The summed E-state index contributed by atoms with van der Waals surface area (Å²) in [6, 6.07) is 7.91. The molecule has 2 N–H and O–H groups in total. The van der Waals surface area contributed by atoms with Gasteiger partial charge >= 0.3 is 0 Å². The van der Waals surface area contributed by atoms with Crippen LogP contribution in [0.3, 0.4) is 0 Å². The lowest BCUT2D eigenvalue weighted by Gasteiger charge is -2.05. The van der Waals surface area contributed by atoms with E-state index in [1.165, 1.54) is 0 Å². The maximum atomic E-state index is 11.3. The number of carbonyl (C=O) groups excluding carboxylic acids is 1. The Morgan fingerprint density at radius 1 is 1.47 bits per heavy atom. The van der Waals surface area contributed by atoms with Crippen LogP contribution in [0.1, 0.15) is 12.0 Å². The van der Waals surface area contributed by atoms with Gasteiger partial charge < -0.3 is 10.6 Å². The minimum Gasteiger partial charge on any atom is -0.352 e. The molecule has 1 rings (SSSR count). The molecular weight excluding hydrogens is 256 g/mol. The predicted octanol–water partition coefficient (Wildman–Crippen LogP) is 1.67. The zero-order valence-electron chi connectivity index (χ0n) is 8.72. The molecule has 0 radical (unpaired) electrons. The second kappa shape index (κ2) is 6.58. The molecule has 0 aliphatic carbocycles. The van der Waals surface area contributed by atoms with Crippen molar-refractivity contribution < 1.29 is 4.79 Å². The fraction of sp³-hybridized carbons (Fsp3) is 0.364. The maximum Gasteiger partial charge on any atom is 0.221 e. The third-order valence-corrected chi connectivity index (χ3v) is 2.47. The van der Waals surface area contributed by atoms with E-state index < -0.39 is 0 Å². The molecule has 4 heteroatoms. The molecule has 0 unspecified atom stereocenters. The van der Waals surface area contributed by atoms with Crippen LogP contribution in [-0.4, -0.2) is 19.5 Å². The Labute approximate surface area is 98.4 Å². The number of amides is 1. The number of halogens is 1.